The van der Waals surface area contributed by atoms with Crippen molar-refractivity contribution in [3.8, 4) is 11.5 Å². The molecule has 100 valence electrons. The first kappa shape index (κ1) is 13.4. The number of hydrogen-bond donors (Lipinski definition) is 1. The molecule has 0 bridgehead atoms. The summed E-state index contributed by atoms with van der Waals surface area (Å²) < 4.78 is 45.1. The van der Waals surface area contributed by atoms with E-state index in [9.17, 15) is 13.2 Å². The van der Waals surface area contributed by atoms with E-state index < -0.39 is 23.5 Å². The molecule has 0 aliphatic heterocycles. The molecule has 0 heterocycles. The van der Waals surface area contributed by atoms with Gasteiger partial charge in [-0.3, -0.25) is 0 Å². The predicted octanol–water partition coefficient (Wildman–Crippen LogP) is 3.92. The molecule has 0 aromatic heterocycles. The molecule has 0 fully saturated rings. The topological polar surface area (TPSA) is 35.2 Å². The quantitative estimate of drug-likeness (QED) is 0.914. The van der Waals surface area contributed by atoms with Crippen molar-refractivity contribution < 1.29 is 17.9 Å². The van der Waals surface area contributed by atoms with Gasteiger partial charge < -0.3 is 10.5 Å². The average Bonchev–Trinajstić information content (AvgIpc) is 2.30. The van der Waals surface area contributed by atoms with Gasteiger partial charge in [0.25, 0.3) is 0 Å². The molecule has 0 unspecified atom stereocenters. The van der Waals surface area contributed by atoms with Gasteiger partial charge in [0.2, 0.25) is 0 Å². The van der Waals surface area contributed by atoms with E-state index in [1.165, 1.54) is 12.1 Å². The number of rotatable bonds is 3. The zero-order valence-corrected chi connectivity index (χ0v) is 10.2. The van der Waals surface area contributed by atoms with E-state index in [0.717, 1.165) is 12.1 Å². The Labute approximate surface area is 108 Å². The lowest BCUT2D eigenvalue weighted by Gasteiger charge is -2.14. The Morgan fingerprint density at radius 2 is 1.68 bits per heavy atom. The van der Waals surface area contributed by atoms with Gasteiger partial charge in [-0.15, -0.1) is 0 Å². The highest BCUT2D eigenvalue weighted by Gasteiger charge is 2.14. The minimum Gasteiger partial charge on any atom is -0.454 e. The van der Waals surface area contributed by atoms with Crippen LogP contribution in [0.5, 0.6) is 11.5 Å². The number of ether oxygens (including phenoxy) is 1. The van der Waals surface area contributed by atoms with Crippen molar-refractivity contribution in [2.45, 2.75) is 13.0 Å². The lowest BCUT2D eigenvalue weighted by molar-refractivity contribution is 0.425. The summed E-state index contributed by atoms with van der Waals surface area (Å²) in [6, 6.07) is 6.47. The van der Waals surface area contributed by atoms with E-state index in [1.807, 2.05) is 0 Å². The SMILES string of the molecule is C[C@@H](N)c1cccc(F)c1Oc1cc(F)cc(F)c1. The van der Waals surface area contributed by atoms with E-state index in [2.05, 4.69) is 0 Å². The summed E-state index contributed by atoms with van der Waals surface area (Å²) in [4.78, 5) is 0. The van der Waals surface area contributed by atoms with Crippen molar-refractivity contribution in [2.24, 2.45) is 5.73 Å². The molecular formula is C14H12F3NO. The Hall–Kier alpha value is -2.01. The zero-order chi connectivity index (χ0) is 14.0. The fraction of sp³-hybridized carbons (Fsp3) is 0.143. The maximum atomic E-state index is 13.7. The largest absolute Gasteiger partial charge is 0.454 e. The minimum atomic E-state index is -0.798. The molecule has 0 aliphatic rings. The Morgan fingerprint density at radius 1 is 1.05 bits per heavy atom. The molecule has 2 rings (SSSR count). The fourth-order valence-electron chi connectivity index (χ4n) is 1.70. The van der Waals surface area contributed by atoms with Gasteiger partial charge in [-0.1, -0.05) is 12.1 Å². The van der Waals surface area contributed by atoms with E-state index in [1.54, 1.807) is 13.0 Å². The molecule has 0 saturated carbocycles. The van der Waals surface area contributed by atoms with Gasteiger partial charge in [0.05, 0.1) is 0 Å². The van der Waals surface area contributed by atoms with Crippen molar-refractivity contribution in [1.29, 1.82) is 0 Å². The second-order valence-corrected chi connectivity index (χ2v) is 4.15. The smallest absolute Gasteiger partial charge is 0.167 e. The van der Waals surface area contributed by atoms with Gasteiger partial charge >= 0.3 is 0 Å². The van der Waals surface area contributed by atoms with Crippen LogP contribution >= 0.6 is 0 Å². The maximum Gasteiger partial charge on any atom is 0.167 e. The van der Waals surface area contributed by atoms with Gasteiger partial charge in [-0.2, -0.15) is 0 Å². The van der Waals surface area contributed by atoms with E-state index in [-0.39, 0.29) is 11.5 Å². The molecule has 0 aliphatic carbocycles. The van der Waals surface area contributed by atoms with Crippen LogP contribution in [0.3, 0.4) is 0 Å². The summed E-state index contributed by atoms with van der Waals surface area (Å²) in [6.45, 7) is 1.66. The van der Waals surface area contributed by atoms with Crippen LogP contribution in [0.4, 0.5) is 13.2 Å². The Kier molecular flexibility index (Phi) is 3.76. The molecular weight excluding hydrogens is 255 g/mol. The number of benzene rings is 2. The number of para-hydroxylation sites is 1. The van der Waals surface area contributed by atoms with Crippen LogP contribution < -0.4 is 10.5 Å². The third-order valence-electron chi connectivity index (χ3n) is 2.54. The number of hydrogen-bond acceptors (Lipinski definition) is 2. The van der Waals surface area contributed by atoms with Gasteiger partial charge in [0.1, 0.15) is 17.4 Å². The van der Waals surface area contributed by atoms with Gasteiger partial charge in [-0.25, -0.2) is 13.2 Å². The molecule has 1 atom stereocenters. The highest BCUT2D eigenvalue weighted by Crippen LogP contribution is 2.32. The molecule has 5 heteroatoms. The van der Waals surface area contributed by atoms with Crippen LogP contribution in [0.15, 0.2) is 36.4 Å². The summed E-state index contributed by atoms with van der Waals surface area (Å²) in [6.07, 6.45) is 0. The summed E-state index contributed by atoms with van der Waals surface area (Å²) >= 11 is 0. The number of nitrogens with two attached hydrogens (primary N) is 1. The second-order valence-electron chi connectivity index (χ2n) is 4.15. The molecule has 19 heavy (non-hydrogen) atoms. The van der Waals surface area contributed by atoms with Crippen molar-refractivity contribution in [3.05, 3.63) is 59.4 Å². The lowest BCUT2D eigenvalue weighted by Crippen LogP contribution is -2.07. The summed E-state index contributed by atoms with van der Waals surface area (Å²) in [5, 5.41) is 0. The second kappa shape index (κ2) is 5.32. The van der Waals surface area contributed by atoms with Gasteiger partial charge in [0, 0.05) is 29.8 Å². The predicted molar refractivity (Wildman–Crippen MR) is 65.4 cm³/mol. The van der Waals surface area contributed by atoms with Crippen LogP contribution in [-0.4, -0.2) is 0 Å². The van der Waals surface area contributed by atoms with Crippen molar-refractivity contribution >= 4 is 0 Å². The molecule has 2 N–H and O–H groups in total. The normalized spacial score (nSPS) is 12.3. The van der Waals surface area contributed by atoms with E-state index >= 15 is 0 Å². The molecule has 0 radical (unpaired) electrons. The first-order chi connectivity index (χ1) is 8.97. The van der Waals surface area contributed by atoms with Crippen LogP contribution in [0, 0.1) is 17.5 Å². The summed E-state index contributed by atoms with van der Waals surface area (Å²) in [5.74, 6) is -2.48. The van der Waals surface area contributed by atoms with Crippen molar-refractivity contribution in [2.75, 3.05) is 0 Å². The fourth-order valence-corrected chi connectivity index (χ4v) is 1.70. The third kappa shape index (κ3) is 3.06. The summed E-state index contributed by atoms with van der Waals surface area (Å²) in [7, 11) is 0. The highest BCUT2D eigenvalue weighted by molar-refractivity contribution is 5.40. The number of halogens is 3. The highest BCUT2D eigenvalue weighted by atomic mass is 19.1. The van der Waals surface area contributed by atoms with Crippen LogP contribution in [-0.2, 0) is 0 Å². The van der Waals surface area contributed by atoms with Gasteiger partial charge in [-0.05, 0) is 13.0 Å². The first-order valence-electron chi connectivity index (χ1n) is 5.65. The monoisotopic (exact) mass is 267 g/mol. The lowest BCUT2D eigenvalue weighted by atomic mass is 10.1. The molecule has 0 saturated heterocycles. The van der Waals surface area contributed by atoms with Gasteiger partial charge in [0.15, 0.2) is 11.6 Å². The minimum absolute atomic E-state index is 0.121. The third-order valence-corrected chi connectivity index (χ3v) is 2.54. The van der Waals surface area contributed by atoms with Crippen LogP contribution in [0.2, 0.25) is 0 Å². The standard InChI is InChI=1S/C14H12F3NO/c1-8(18)12-3-2-4-13(17)14(12)19-11-6-9(15)5-10(16)7-11/h2-8H,18H2,1H3/t8-/m1/s1. The summed E-state index contributed by atoms with van der Waals surface area (Å²) in [5.41, 5.74) is 6.12. The van der Waals surface area contributed by atoms with E-state index in [4.69, 9.17) is 10.5 Å². The molecule has 0 amide bonds. The zero-order valence-electron chi connectivity index (χ0n) is 10.2. The van der Waals surface area contributed by atoms with E-state index in [0.29, 0.717) is 11.6 Å². The first-order valence-corrected chi connectivity index (χ1v) is 5.65. The molecule has 2 aromatic rings. The Bertz CT molecular complexity index is 579. The average molecular weight is 267 g/mol. The Balaban J connectivity index is 2.42. The van der Waals surface area contributed by atoms with Crippen LogP contribution in [0.25, 0.3) is 0 Å². The Morgan fingerprint density at radius 3 is 2.26 bits per heavy atom. The van der Waals surface area contributed by atoms with Crippen molar-refractivity contribution in [1.82, 2.24) is 0 Å². The molecule has 2 aromatic carbocycles. The van der Waals surface area contributed by atoms with Crippen LogP contribution in [0.1, 0.15) is 18.5 Å². The maximum absolute atomic E-state index is 13.7. The molecule has 2 nitrogen and oxygen atoms in total. The molecule has 0 spiro atoms. The van der Waals surface area contributed by atoms with Crippen molar-refractivity contribution in [3.63, 3.8) is 0 Å².